The highest BCUT2D eigenvalue weighted by atomic mass is 16.6. The lowest BCUT2D eigenvalue weighted by Crippen LogP contribution is -2.56. The molecule has 3 fully saturated rings. The van der Waals surface area contributed by atoms with E-state index in [1.54, 1.807) is 0 Å². The molecule has 0 aromatic rings. The highest BCUT2D eigenvalue weighted by molar-refractivity contribution is 5.66. The third-order valence-corrected chi connectivity index (χ3v) is 8.31. The summed E-state index contributed by atoms with van der Waals surface area (Å²) in [5.41, 5.74) is -0.160. The summed E-state index contributed by atoms with van der Waals surface area (Å²) in [6.45, 7) is 9.85. The van der Waals surface area contributed by atoms with Crippen molar-refractivity contribution in [1.82, 2.24) is 0 Å². The SMILES string of the molecule is CC(=O)O[C@@H]1C=C2OC(C)(CC1)[C@H]1CC[C@]3(C)[C@@H](OC(C)=O)CC[C@H]3[C@@H]1[C@H]2C. The van der Waals surface area contributed by atoms with E-state index in [4.69, 9.17) is 14.2 Å². The average molecular weight is 391 g/mol. The number of carbonyl (C=O) groups is 2. The molecule has 1 saturated heterocycles. The molecule has 0 aromatic heterocycles. The summed E-state index contributed by atoms with van der Waals surface area (Å²) in [6, 6.07) is 0. The highest BCUT2D eigenvalue weighted by Gasteiger charge is 2.62. The lowest BCUT2D eigenvalue weighted by Gasteiger charge is -2.58. The summed E-state index contributed by atoms with van der Waals surface area (Å²) >= 11 is 0. The molecule has 8 atom stereocenters. The van der Waals surface area contributed by atoms with Crippen molar-refractivity contribution in [1.29, 1.82) is 0 Å². The van der Waals surface area contributed by atoms with Gasteiger partial charge in [-0.15, -0.1) is 0 Å². The first-order valence-electron chi connectivity index (χ1n) is 10.9. The molecule has 0 spiro atoms. The number of allylic oxidation sites excluding steroid dienone is 1. The molecule has 5 nitrogen and oxygen atoms in total. The molecule has 0 aromatic carbocycles. The molecule has 0 N–H and O–H groups in total. The minimum atomic E-state index is -0.235. The van der Waals surface area contributed by atoms with Crippen LogP contribution in [0, 0.1) is 29.1 Å². The summed E-state index contributed by atoms with van der Waals surface area (Å²) in [4.78, 5) is 23.2. The van der Waals surface area contributed by atoms with Crippen molar-refractivity contribution < 1.29 is 23.8 Å². The Morgan fingerprint density at radius 1 is 1.00 bits per heavy atom. The number of carbonyl (C=O) groups excluding carboxylic acids is 2. The lowest BCUT2D eigenvalue weighted by molar-refractivity contribution is -0.178. The molecule has 2 aliphatic heterocycles. The zero-order valence-corrected chi connectivity index (χ0v) is 17.8. The van der Waals surface area contributed by atoms with E-state index in [9.17, 15) is 9.59 Å². The van der Waals surface area contributed by atoms with Gasteiger partial charge in [-0.1, -0.05) is 13.8 Å². The van der Waals surface area contributed by atoms with Crippen molar-refractivity contribution >= 4 is 11.9 Å². The number of esters is 2. The Bertz CT molecular complexity index is 699. The largest absolute Gasteiger partial charge is 0.492 e. The molecule has 0 amide bonds. The first-order valence-corrected chi connectivity index (χ1v) is 10.9. The topological polar surface area (TPSA) is 61.8 Å². The molecule has 0 radical (unpaired) electrons. The maximum Gasteiger partial charge on any atom is 0.303 e. The first kappa shape index (κ1) is 19.8. The van der Waals surface area contributed by atoms with Crippen LogP contribution in [0.1, 0.15) is 73.1 Å². The van der Waals surface area contributed by atoms with E-state index in [1.165, 1.54) is 13.8 Å². The maximum atomic E-state index is 11.7. The van der Waals surface area contributed by atoms with E-state index >= 15 is 0 Å². The van der Waals surface area contributed by atoms with Crippen LogP contribution in [0.2, 0.25) is 0 Å². The van der Waals surface area contributed by atoms with E-state index in [2.05, 4.69) is 26.8 Å². The van der Waals surface area contributed by atoms with Gasteiger partial charge in [0.25, 0.3) is 0 Å². The summed E-state index contributed by atoms with van der Waals surface area (Å²) in [5, 5.41) is 0. The third-order valence-electron chi connectivity index (χ3n) is 8.31. The first-order chi connectivity index (χ1) is 13.1. The van der Waals surface area contributed by atoms with Gasteiger partial charge in [-0.05, 0) is 63.4 Å². The van der Waals surface area contributed by atoms with Crippen LogP contribution in [0.5, 0.6) is 0 Å². The molecule has 1 unspecified atom stereocenters. The molecule has 2 bridgehead atoms. The van der Waals surface area contributed by atoms with Crippen LogP contribution in [0.25, 0.3) is 0 Å². The maximum absolute atomic E-state index is 11.7. The minimum Gasteiger partial charge on any atom is -0.492 e. The van der Waals surface area contributed by atoms with Crippen molar-refractivity contribution in [2.45, 2.75) is 91.0 Å². The fourth-order valence-electron chi connectivity index (χ4n) is 7.00. The lowest BCUT2D eigenvalue weighted by atomic mass is 9.52. The van der Waals surface area contributed by atoms with Gasteiger partial charge in [-0.25, -0.2) is 0 Å². The molecule has 4 aliphatic rings. The van der Waals surface area contributed by atoms with Crippen molar-refractivity contribution in [2.24, 2.45) is 29.1 Å². The second-order valence-electron chi connectivity index (χ2n) is 9.97. The van der Waals surface area contributed by atoms with Crippen LogP contribution in [-0.2, 0) is 23.8 Å². The number of rotatable bonds is 2. The molecule has 2 saturated carbocycles. The van der Waals surface area contributed by atoms with E-state index in [1.807, 2.05) is 0 Å². The summed E-state index contributed by atoms with van der Waals surface area (Å²) in [6.07, 6.45) is 7.85. The van der Waals surface area contributed by atoms with Crippen molar-refractivity contribution in [2.75, 3.05) is 0 Å². The second kappa shape index (κ2) is 6.77. The van der Waals surface area contributed by atoms with E-state index in [0.717, 1.165) is 44.3 Å². The van der Waals surface area contributed by atoms with Gasteiger partial charge in [0.05, 0.1) is 5.76 Å². The Labute approximate surface area is 168 Å². The van der Waals surface area contributed by atoms with Crippen LogP contribution >= 0.6 is 0 Å². The molecule has 28 heavy (non-hydrogen) atoms. The Balaban J connectivity index is 1.66. The van der Waals surface area contributed by atoms with E-state index in [-0.39, 0.29) is 41.1 Å². The second-order valence-corrected chi connectivity index (χ2v) is 9.97. The van der Waals surface area contributed by atoms with Crippen LogP contribution in [0.4, 0.5) is 0 Å². The monoisotopic (exact) mass is 390 g/mol. The molecule has 2 aliphatic carbocycles. The number of hydrogen-bond acceptors (Lipinski definition) is 5. The van der Waals surface area contributed by atoms with Crippen molar-refractivity contribution in [3.8, 4) is 0 Å². The fourth-order valence-corrected chi connectivity index (χ4v) is 7.00. The Morgan fingerprint density at radius 3 is 2.39 bits per heavy atom. The normalized spacial score (nSPS) is 47.0. The molecular weight excluding hydrogens is 356 g/mol. The molecule has 4 rings (SSSR count). The molecule has 2 heterocycles. The predicted molar refractivity (Wildman–Crippen MR) is 104 cm³/mol. The zero-order chi connectivity index (χ0) is 20.3. The van der Waals surface area contributed by atoms with Gasteiger partial charge in [0.1, 0.15) is 17.8 Å². The van der Waals surface area contributed by atoms with Gasteiger partial charge < -0.3 is 14.2 Å². The summed E-state index contributed by atoms with van der Waals surface area (Å²) in [5.74, 6) is 2.41. The van der Waals surface area contributed by atoms with Crippen LogP contribution in [0.15, 0.2) is 11.8 Å². The Morgan fingerprint density at radius 2 is 1.71 bits per heavy atom. The number of fused-ring (bicyclic) bond motifs is 6. The number of ether oxygens (including phenoxy) is 3. The fraction of sp³-hybridized carbons (Fsp3) is 0.826. The Hall–Kier alpha value is -1.52. The van der Waals surface area contributed by atoms with E-state index < -0.39 is 0 Å². The smallest absolute Gasteiger partial charge is 0.303 e. The zero-order valence-electron chi connectivity index (χ0n) is 17.8. The van der Waals surface area contributed by atoms with Gasteiger partial charge in [-0.2, -0.15) is 0 Å². The average Bonchev–Trinajstić information content (AvgIpc) is 2.83. The standard InChI is InChI=1S/C23H34O5/c1-13-19-12-16(26-14(2)24)8-11-23(5,28-19)18-9-10-22(4)17(21(13)18)6-7-20(22)27-15(3)25/h12-13,16-18,20-21H,6-11H2,1-5H3/t13-,16-,17-,18-,20-,21-,22-,23?/m0/s1. The van der Waals surface area contributed by atoms with Gasteiger partial charge >= 0.3 is 11.9 Å². The van der Waals surface area contributed by atoms with Gasteiger partial charge in [0.15, 0.2) is 0 Å². The van der Waals surface area contributed by atoms with Crippen molar-refractivity contribution in [3.05, 3.63) is 11.8 Å². The van der Waals surface area contributed by atoms with Gasteiger partial charge in [0.2, 0.25) is 0 Å². The number of hydrogen-bond donors (Lipinski definition) is 0. The molecule has 5 heteroatoms. The van der Waals surface area contributed by atoms with E-state index in [0.29, 0.717) is 17.8 Å². The van der Waals surface area contributed by atoms with Gasteiger partial charge in [-0.3, -0.25) is 9.59 Å². The minimum absolute atomic E-state index is 0.0311. The molecule has 156 valence electrons. The molecular formula is C23H34O5. The Kier molecular flexibility index (Phi) is 4.79. The summed E-state index contributed by atoms with van der Waals surface area (Å²) < 4.78 is 17.9. The third kappa shape index (κ3) is 3.05. The van der Waals surface area contributed by atoms with Crippen LogP contribution in [-0.4, -0.2) is 29.7 Å². The summed E-state index contributed by atoms with van der Waals surface area (Å²) in [7, 11) is 0. The quantitative estimate of drug-likeness (QED) is 0.654. The van der Waals surface area contributed by atoms with Gasteiger partial charge in [0, 0.05) is 31.1 Å². The van der Waals surface area contributed by atoms with Crippen molar-refractivity contribution in [3.63, 3.8) is 0 Å². The highest BCUT2D eigenvalue weighted by Crippen LogP contribution is 2.64. The van der Waals surface area contributed by atoms with Crippen LogP contribution in [0.3, 0.4) is 0 Å². The van der Waals surface area contributed by atoms with Crippen LogP contribution < -0.4 is 0 Å². The predicted octanol–water partition coefficient (Wildman–Crippen LogP) is 4.40.